The van der Waals surface area contributed by atoms with E-state index in [-0.39, 0.29) is 25.5 Å². The number of hydrogen-bond acceptors (Lipinski definition) is 5. The van der Waals surface area contributed by atoms with Gasteiger partial charge in [0.05, 0.1) is 17.8 Å². The number of fused-ring (bicyclic) bond motifs is 1. The van der Waals surface area contributed by atoms with Crippen molar-refractivity contribution in [1.29, 1.82) is 0 Å². The van der Waals surface area contributed by atoms with Crippen LogP contribution in [-0.4, -0.2) is 34.3 Å². The van der Waals surface area contributed by atoms with Crippen LogP contribution in [0.5, 0.6) is 5.75 Å². The molecule has 1 aromatic heterocycles. The molecule has 1 atom stereocenters. The molecule has 1 aromatic carbocycles. The summed E-state index contributed by atoms with van der Waals surface area (Å²) in [5.74, 6) is 0.0436. The van der Waals surface area contributed by atoms with Gasteiger partial charge in [-0.05, 0) is 26.0 Å². The number of rotatable bonds is 5. The summed E-state index contributed by atoms with van der Waals surface area (Å²) in [5, 5.41) is 4.62. The van der Waals surface area contributed by atoms with Gasteiger partial charge in [-0.2, -0.15) is 5.10 Å². The minimum Gasteiger partial charge on any atom is -0.479 e. The van der Waals surface area contributed by atoms with Gasteiger partial charge in [0.15, 0.2) is 6.10 Å². The molecule has 26 heavy (non-hydrogen) atoms. The largest absolute Gasteiger partial charge is 0.479 e. The van der Waals surface area contributed by atoms with E-state index in [1.165, 1.54) is 4.68 Å². The van der Waals surface area contributed by atoms with Gasteiger partial charge in [0.2, 0.25) is 0 Å². The minimum atomic E-state index is -0.585. The third kappa shape index (κ3) is 3.53. The van der Waals surface area contributed by atoms with Crippen LogP contribution in [0.1, 0.15) is 24.6 Å². The molecular weight excluding hydrogens is 358 g/mol. The number of para-hydroxylation sites is 2. The van der Waals surface area contributed by atoms with Crippen LogP contribution in [0.15, 0.2) is 24.3 Å². The predicted octanol–water partition coefficient (Wildman–Crippen LogP) is 2.63. The van der Waals surface area contributed by atoms with E-state index in [4.69, 9.17) is 21.1 Å². The van der Waals surface area contributed by atoms with Crippen molar-refractivity contribution in [2.24, 2.45) is 7.05 Å². The average Bonchev–Trinajstić information content (AvgIpc) is 2.85. The molecule has 1 amide bonds. The number of nitrogens with zero attached hydrogens (tertiary/aromatic N) is 3. The number of aryl methyl sites for hydroxylation is 2. The van der Waals surface area contributed by atoms with Gasteiger partial charge in [-0.3, -0.25) is 14.3 Å². The van der Waals surface area contributed by atoms with Crippen LogP contribution in [0, 0.1) is 6.92 Å². The molecule has 0 spiro atoms. The van der Waals surface area contributed by atoms with Gasteiger partial charge in [-0.25, -0.2) is 0 Å². The van der Waals surface area contributed by atoms with E-state index in [1.807, 2.05) is 12.1 Å². The first-order valence-electron chi connectivity index (χ1n) is 8.29. The van der Waals surface area contributed by atoms with E-state index < -0.39 is 12.1 Å². The van der Waals surface area contributed by atoms with Crippen molar-refractivity contribution in [1.82, 2.24) is 9.78 Å². The van der Waals surface area contributed by atoms with Crippen molar-refractivity contribution < 1.29 is 19.1 Å². The standard InChI is InChI=1S/C18H20ClN3O4/c1-11-13(17(19)21(3)20-11)10-25-16(23)8-9-22-14-6-4-5-7-15(14)26-12(2)18(22)24/h4-7,12H,8-10H2,1-3H3/t12-/m0/s1. The smallest absolute Gasteiger partial charge is 0.307 e. The molecule has 8 heteroatoms. The van der Waals surface area contributed by atoms with Crippen molar-refractivity contribution in [2.75, 3.05) is 11.4 Å². The lowest BCUT2D eigenvalue weighted by Crippen LogP contribution is -2.45. The Morgan fingerprint density at radius 3 is 2.81 bits per heavy atom. The Labute approximate surface area is 156 Å². The van der Waals surface area contributed by atoms with Crippen molar-refractivity contribution >= 4 is 29.2 Å². The Morgan fingerprint density at radius 2 is 2.12 bits per heavy atom. The first-order chi connectivity index (χ1) is 12.4. The number of anilines is 1. The Morgan fingerprint density at radius 1 is 1.38 bits per heavy atom. The number of benzene rings is 1. The van der Waals surface area contributed by atoms with Crippen LogP contribution >= 0.6 is 11.6 Å². The topological polar surface area (TPSA) is 73.7 Å². The maximum atomic E-state index is 12.4. The van der Waals surface area contributed by atoms with E-state index in [9.17, 15) is 9.59 Å². The molecule has 0 saturated carbocycles. The third-order valence-corrected chi connectivity index (χ3v) is 4.73. The van der Waals surface area contributed by atoms with E-state index in [0.29, 0.717) is 22.2 Å². The highest BCUT2D eigenvalue weighted by Crippen LogP contribution is 2.33. The summed E-state index contributed by atoms with van der Waals surface area (Å²) < 4.78 is 12.4. The monoisotopic (exact) mass is 377 g/mol. The number of carbonyl (C=O) groups excluding carboxylic acids is 2. The Balaban J connectivity index is 1.61. The summed E-state index contributed by atoms with van der Waals surface area (Å²) in [6.45, 7) is 3.78. The Kier molecular flexibility index (Phi) is 5.18. The fraction of sp³-hybridized carbons (Fsp3) is 0.389. The molecule has 1 aliphatic heterocycles. The zero-order valence-electron chi connectivity index (χ0n) is 14.9. The van der Waals surface area contributed by atoms with Crippen LogP contribution in [-0.2, 0) is 28.0 Å². The maximum absolute atomic E-state index is 12.4. The average molecular weight is 378 g/mol. The second kappa shape index (κ2) is 7.37. The highest BCUT2D eigenvalue weighted by atomic mass is 35.5. The lowest BCUT2D eigenvalue weighted by molar-refractivity contribution is -0.144. The number of esters is 1. The molecule has 138 valence electrons. The van der Waals surface area contributed by atoms with Gasteiger partial charge in [-0.1, -0.05) is 23.7 Å². The van der Waals surface area contributed by atoms with Crippen LogP contribution in [0.4, 0.5) is 5.69 Å². The Hall–Kier alpha value is -2.54. The molecule has 2 aromatic rings. The molecule has 0 N–H and O–H groups in total. The first kappa shape index (κ1) is 18.3. The van der Waals surface area contributed by atoms with Crippen LogP contribution in [0.25, 0.3) is 0 Å². The molecule has 2 heterocycles. The fourth-order valence-corrected chi connectivity index (χ4v) is 3.08. The molecule has 0 unspecified atom stereocenters. The first-order valence-corrected chi connectivity index (χ1v) is 8.67. The zero-order valence-corrected chi connectivity index (χ0v) is 15.6. The van der Waals surface area contributed by atoms with Gasteiger partial charge >= 0.3 is 5.97 Å². The fourth-order valence-electron chi connectivity index (χ4n) is 2.86. The summed E-state index contributed by atoms with van der Waals surface area (Å²) >= 11 is 6.13. The van der Waals surface area contributed by atoms with Gasteiger partial charge in [-0.15, -0.1) is 0 Å². The molecule has 0 fully saturated rings. The second-order valence-electron chi connectivity index (χ2n) is 6.11. The summed E-state index contributed by atoms with van der Waals surface area (Å²) in [7, 11) is 1.73. The maximum Gasteiger partial charge on any atom is 0.307 e. The van der Waals surface area contributed by atoms with Gasteiger partial charge in [0, 0.05) is 19.2 Å². The highest BCUT2D eigenvalue weighted by molar-refractivity contribution is 6.30. The zero-order chi connectivity index (χ0) is 18.8. The number of amides is 1. The van der Waals surface area contributed by atoms with Crippen molar-refractivity contribution in [3.05, 3.63) is 40.7 Å². The molecule has 0 aliphatic carbocycles. The molecule has 0 saturated heterocycles. The number of halogens is 1. The number of aromatic nitrogens is 2. The summed E-state index contributed by atoms with van der Waals surface area (Å²) in [4.78, 5) is 26.1. The number of hydrogen-bond donors (Lipinski definition) is 0. The van der Waals surface area contributed by atoms with E-state index in [1.54, 1.807) is 37.9 Å². The summed E-state index contributed by atoms with van der Waals surface area (Å²) in [5.41, 5.74) is 2.06. The third-order valence-electron chi connectivity index (χ3n) is 4.26. The van der Waals surface area contributed by atoms with E-state index >= 15 is 0 Å². The SMILES string of the molecule is Cc1nn(C)c(Cl)c1COC(=O)CCN1C(=O)[C@H](C)Oc2ccccc21. The lowest BCUT2D eigenvalue weighted by Gasteiger charge is -2.32. The number of ether oxygens (including phenoxy) is 2. The molecule has 3 rings (SSSR count). The minimum absolute atomic E-state index is 0.0569. The molecule has 0 radical (unpaired) electrons. The van der Waals surface area contributed by atoms with E-state index in [2.05, 4.69) is 5.10 Å². The van der Waals surface area contributed by atoms with Crippen molar-refractivity contribution in [3.8, 4) is 5.75 Å². The molecule has 0 bridgehead atoms. The lowest BCUT2D eigenvalue weighted by atomic mass is 10.2. The summed E-state index contributed by atoms with van der Waals surface area (Å²) in [6, 6.07) is 7.26. The second-order valence-corrected chi connectivity index (χ2v) is 6.46. The van der Waals surface area contributed by atoms with E-state index in [0.717, 1.165) is 5.69 Å². The number of carbonyl (C=O) groups is 2. The van der Waals surface area contributed by atoms with Crippen LogP contribution < -0.4 is 9.64 Å². The Bertz CT molecular complexity index is 849. The molecule has 1 aliphatic rings. The highest BCUT2D eigenvalue weighted by Gasteiger charge is 2.31. The van der Waals surface area contributed by atoms with Gasteiger partial charge < -0.3 is 14.4 Å². The normalized spacial score (nSPS) is 16.2. The van der Waals surface area contributed by atoms with Crippen LogP contribution in [0.3, 0.4) is 0 Å². The molecular formula is C18H20ClN3O4. The van der Waals surface area contributed by atoms with Gasteiger partial charge in [0.1, 0.15) is 17.5 Å². The quantitative estimate of drug-likeness (QED) is 0.749. The van der Waals surface area contributed by atoms with Crippen molar-refractivity contribution in [3.63, 3.8) is 0 Å². The van der Waals surface area contributed by atoms with Crippen LogP contribution in [0.2, 0.25) is 5.15 Å². The molecule has 7 nitrogen and oxygen atoms in total. The summed E-state index contributed by atoms with van der Waals surface area (Å²) in [6.07, 6.45) is -0.512. The van der Waals surface area contributed by atoms with Crippen molar-refractivity contribution in [2.45, 2.75) is 33.0 Å². The predicted molar refractivity (Wildman–Crippen MR) is 96.3 cm³/mol. The van der Waals surface area contributed by atoms with Gasteiger partial charge in [0.25, 0.3) is 5.91 Å².